The van der Waals surface area contributed by atoms with Crippen LogP contribution in [0.3, 0.4) is 0 Å². The van der Waals surface area contributed by atoms with Gasteiger partial charge in [-0.2, -0.15) is 5.26 Å². The second-order valence-electron chi connectivity index (χ2n) is 12.1. The van der Waals surface area contributed by atoms with E-state index in [0.29, 0.717) is 25.9 Å². The van der Waals surface area contributed by atoms with Crippen LogP contribution in [0.5, 0.6) is 0 Å². The molecule has 0 radical (unpaired) electrons. The highest BCUT2D eigenvalue weighted by Crippen LogP contribution is 2.38. The van der Waals surface area contributed by atoms with Crippen LogP contribution in [0.4, 0.5) is 4.79 Å². The molecule has 0 aromatic heterocycles. The molecule has 3 heterocycles. The van der Waals surface area contributed by atoms with Crippen molar-refractivity contribution < 1.29 is 27.5 Å². The third-order valence-electron chi connectivity index (χ3n) is 7.77. The number of piperazine rings is 1. The Balaban J connectivity index is 1.49. The third kappa shape index (κ3) is 6.24. The summed E-state index contributed by atoms with van der Waals surface area (Å²) < 4.78 is 28.6. The molecule has 12 nitrogen and oxygen atoms in total. The quantitative estimate of drug-likeness (QED) is 0.492. The molecule has 3 N–H and O–H groups in total. The van der Waals surface area contributed by atoms with Crippen molar-refractivity contribution in [3.05, 3.63) is 29.8 Å². The number of carbonyl (C=O) groups is 3. The van der Waals surface area contributed by atoms with Gasteiger partial charge in [-0.3, -0.25) is 14.5 Å². The lowest BCUT2D eigenvalue weighted by molar-refractivity contribution is -0.141. The molecule has 0 saturated carbocycles. The van der Waals surface area contributed by atoms with Gasteiger partial charge in [-0.15, -0.1) is 0 Å². The Morgan fingerprint density at radius 1 is 1.20 bits per heavy atom. The molecule has 40 heavy (non-hydrogen) atoms. The van der Waals surface area contributed by atoms with Crippen molar-refractivity contribution in [2.24, 2.45) is 11.1 Å². The number of nitrogens with one attached hydrogen (secondary N) is 1. The normalized spacial score (nSPS) is 26.5. The molecule has 1 aromatic rings. The van der Waals surface area contributed by atoms with Gasteiger partial charge in [-0.25, -0.2) is 18.4 Å². The fourth-order valence-corrected chi connectivity index (χ4v) is 6.49. The van der Waals surface area contributed by atoms with Gasteiger partial charge in [0.05, 0.1) is 23.0 Å². The van der Waals surface area contributed by atoms with Crippen LogP contribution in [0.25, 0.3) is 0 Å². The molecular weight excluding hydrogens is 536 g/mol. The standard InChI is InChI=1S/C27H38N6O6S/c1-16-10-19(12-28)32(13-16)24(34)22(30-26(36)39-27(3,4)5)15-31-14-20-11-23(31)25(35)33(20)17(2)18-6-8-21(9-7-18)40(29,37)38/h6-9,16-17,19-20,22-23H,10-11,13-15H2,1-5H3,(H,30,36)(H2,29,37,38)/t16?,17-,19?,20-,22?,23?/m0/s1. The molecule has 13 heteroatoms. The first-order valence-corrected chi connectivity index (χ1v) is 15.0. The van der Waals surface area contributed by atoms with Crippen LogP contribution < -0.4 is 10.5 Å². The lowest BCUT2D eigenvalue weighted by Crippen LogP contribution is -2.59. The zero-order valence-electron chi connectivity index (χ0n) is 23.5. The lowest BCUT2D eigenvalue weighted by Gasteiger charge is -2.39. The van der Waals surface area contributed by atoms with E-state index in [2.05, 4.69) is 11.4 Å². The number of hydrogen-bond donors (Lipinski definition) is 2. The number of fused-ring (bicyclic) bond motifs is 2. The maximum atomic E-state index is 13.6. The summed E-state index contributed by atoms with van der Waals surface area (Å²) in [6.45, 7) is 10.1. The molecule has 3 fully saturated rings. The Hall–Kier alpha value is -3.21. The first-order valence-electron chi connectivity index (χ1n) is 13.5. The molecule has 4 unspecified atom stereocenters. The molecule has 0 aliphatic carbocycles. The second-order valence-corrected chi connectivity index (χ2v) is 13.6. The summed E-state index contributed by atoms with van der Waals surface area (Å²) in [6, 6.07) is 5.94. The minimum atomic E-state index is -3.82. The molecule has 3 amide bonds. The predicted octanol–water partition coefficient (Wildman–Crippen LogP) is 1.33. The Morgan fingerprint density at radius 3 is 2.40 bits per heavy atom. The molecule has 2 bridgehead atoms. The molecule has 218 valence electrons. The third-order valence-corrected chi connectivity index (χ3v) is 8.70. The van der Waals surface area contributed by atoms with Crippen molar-refractivity contribution in [2.75, 3.05) is 19.6 Å². The number of nitrogens with zero attached hydrogens (tertiary/aromatic N) is 4. The average molecular weight is 575 g/mol. The Kier molecular flexibility index (Phi) is 8.18. The smallest absolute Gasteiger partial charge is 0.408 e. The highest BCUT2D eigenvalue weighted by atomic mass is 32.2. The molecule has 3 saturated heterocycles. The monoisotopic (exact) mass is 574 g/mol. The number of nitrogens with two attached hydrogens (primary N) is 1. The Morgan fingerprint density at radius 2 is 1.85 bits per heavy atom. The fraction of sp³-hybridized carbons (Fsp3) is 0.630. The van der Waals surface area contributed by atoms with Gasteiger partial charge in [0.15, 0.2) is 0 Å². The topological polar surface area (TPSA) is 166 Å². The first-order chi connectivity index (χ1) is 18.6. The number of benzene rings is 1. The van der Waals surface area contributed by atoms with Gasteiger partial charge < -0.3 is 19.9 Å². The maximum absolute atomic E-state index is 13.6. The molecule has 6 atom stereocenters. The van der Waals surface area contributed by atoms with Gasteiger partial charge in [0.1, 0.15) is 17.7 Å². The van der Waals surface area contributed by atoms with Crippen molar-refractivity contribution in [1.82, 2.24) is 20.0 Å². The molecular formula is C27H38N6O6S. The minimum absolute atomic E-state index is 0.00289. The van der Waals surface area contributed by atoms with E-state index in [4.69, 9.17) is 9.88 Å². The van der Waals surface area contributed by atoms with E-state index in [-0.39, 0.29) is 41.3 Å². The second kappa shape index (κ2) is 11.0. The zero-order valence-corrected chi connectivity index (χ0v) is 24.3. The van der Waals surface area contributed by atoms with E-state index in [9.17, 15) is 28.1 Å². The van der Waals surface area contributed by atoms with Crippen molar-refractivity contribution in [3.63, 3.8) is 0 Å². The highest BCUT2D eigenvalue weighted by molar-refractivity contribution is 7.89. The molecule has 3 aliphatic rings. The van der Waals surface area contributed by atoms with E-state index in [1.807, 2.05) is 18.7 Å². The van der Waals surface area contributed by atoms with Crippen LogP contribution in [-0.2, 0) is 24.3 Å². The lowest BCUT2D eigenvalue weighted by atomic mass is 10.1. The number of ether oxygens (including phenoxy) is 1. The number of likely N-dealkylation sites (tertiary alicyclic amines) is 3. The van der Waals surface area contributed by atoms with Crippen LogP contribution in [0.2, 0.25) is 0 Å². The van der Waals surface area contributed by atoms with E-state index < -0.39 is 39.8 Å². The van der Waals surface area contributed by atoms with Gasteiger partial charge in [0.25, 0.3) is 0 Å². The Bertz CT molecular complexity index is 1300. The maximum Gasteiger partial charge on any atom is 0.408 e. The van der Waals surface area contributed by atoms with Crippen LogP contribution in [-0.4, -0.2) is 90.4 Å². The van der Waals surface area contributed by atoms with Crippen molar-refractivity contribution >= 4 is 27.9 Å². The van der Waals surface area contributed by atoms with E-state index in [0.717, 1.165) is 5.56 Å². The van der Waals surface area contributed by atoms with Crippen LogP contribution in [0, 0.1) is 17.2 Å². The van der Waals surface area contributed by atoms with Crippen molar-refractivity contribution in [3.8, 4) is 6.07 Å². The number of primary sulfonamides is 1. The largest absolute Gasteiger partial charge is 0.444 e. The molecule has 4 rings (SSSR count). The van der Waals surface area contributed by atoms with Gasteiger partial charge in [-0.05, 0) is 64.2 Å². The summed E-state index contributed by atoms with van der Waals surface area (Å²) in [5.41, 5.74) is 0.0196. The fourth-order valence-electron chi connectivity index (χ4n) is 5.98. The summed E-state index contributed by atoms with van der Waals surface area (Å²) in [7, 11) is -3.82. The summed E-state index contributed by atoms with van der Waals surface area (Å²) in [5, 5.41) is 17.5. The van der Waals surface area contributed by atoms with Crippen molar-refractivity contribution in [2.45, 2.75) is 88.2 Å². The summed E-state index contributed by atoms with van der Waals surface area (Å²) in [5.74, 6) is -0.293. The van der Waals surface area contributed by atoms with Crippen LogP contribution in [0.1, 0.15) is 59.1 Å². The van der Waals surface area contributed by atoms with Gasteiger partial charge in [0.2, 0.25) is 21.8 Å². The summed E-state index contributed by atoms with van der Waals surface area (Å²) in [6.07, 6.45) is 0.410. The zero-order chi connectivity index (χ0) is 29.6. The average Bonchev–Trinajstić information content (AvgIpc) is 3.53. The van der Waals surface area contributed by atoms with Crippen LogP contribution in [0.15, 0.2) is 29.2 Å². The Labute approximate surface area is 235 Å². The SMILES string of the molecule is CC1CC(C#N)N(C(=O)C(CN2C[C@@H]3CC2C(=O)N3[C@@H](C)c2ccc(S(N)(=O)=O)cc2)NC(=O)OC(C)(C)C)C1. The number of carbonyl (C=O) groups excluding carboxylic acids is 3. The number of alkyl carbamates (subject to hydrolysis) is 1. The van der Waals surface area contributed by atoms with Gasteiger partial charge in [-0.1, -0.05) is 19.1 Å². The van der Waals surface area contributed by atoms with Gasteiger partial charge >= 0.3 is 6.09 Å². The van der Waals surface area contributed by atoms with E-state index in [1.165, 1.54) is 17.0 Å². The summed E-state index contributed by atoms with van der Waals surface area (Å²) >= 11 is 0. The highest BCUT2D eigenvalue weighted by Gasteiger charge is 2.52. The molecule has 1 aromatic carbocycles. The summed E-state index contributed by atoms with van der Waals surface area (Å²) in [4.78, 5) is 45.0. The van der Waals surface area contributed by atoms with E-state index in [1.54, 1.807) is 37.8 Å². The minimum Gasteiger partial charge on any atom is -0.444 e. The van der Waals surface area contributed by atoms with Crippen molar-refractivity contribution in [1.29, 1.82) is 5.26 Å². The first kappa shape index (κ1) is 29.8. The molecule has 3 aliphatic heterocycles. The van der Waals surface area contributed by atoms with E-state index >= 15 is 0 Å². The van der Waals surface area contributed by atoms with Crippen LogP contribution >= 0.6 is 0 Å². The number of rotatable bonds is 7. The van der Waals surface area contributed by atoms with Gasteiger partial charge in [0, 0.05) is 25.7 Å². The predicted molar refractivity (Wildman–Crippen MR) is 145 cm³/mol. The number of sulfonamides is 1. The molecule has 0 spiro atoms. The number of amides is 3. The number of nitriles is 1. The number of hydrogen-bond acceptors (Lipinski definition) is 8.